The van der Waals surface area contributed by atoms with Crippen LogP contribution in [-0.2, 0) is 4.79 Å². The Labute approximate surface area is 121 Å². The first-order valence-electron chi connectivity index (χ1n) is 5.78. The van der Waals surface area contributed by atoms with Crippen LogP contribution in [0.3, 0.4) is 0 Å². The molecule has 0 saturated heterocycles. The quantitative estimate of drug-likeness (QED) is 0.843. The van der Waals surface area contributed by atoms with E-state index in [1.54, 1.807) is 13.0 Å². The topological polar surface area (TPSA) is 66.8 Å². The van der Waals surface area contributed by atoms with Crippen molar-refractivity contribution in [2.75, 3.05) is 7.11 Å². The third-order valence-corrected chi connectivity index (χ3v) is 3.40. The molecule has 1 rings (SSSR count). The second-order valence-corrected chi connectivity index (χ2v) is 5.28. The molecule has 2 N–H and O–H groups in total. The lowest BCUT2D eigenvalue weighted by Gasteiger charge is -2.17. The van der Waals surface area contributed by atoms with Crippen molar-refractivity contribution >= 4 is 29.2 Å². The standard InChI is InChI=1S/C13H16Cl2O4/c1-7(4-13(17)18)3-11(16)8-5-10(15)12(19-2)6-9(8)14/h5-7,11,16H,3-4H2,1-2H3,(H,17,18). The van der Waals surface area contributed by atoms with Crippen molar-refractivity contribution in [2.45, 2.75) is 25.9 Å². The first-order valence-corrected chi connectivity index (χ1v) is 6.53. The van der Waals surface area contributed by atoms with Gasteiger partial charge in [0.2, 0.25) is 0 Å². The van der Waals surface area contributed by atoms with Crippen molar-refractivity contribution in [1.82, 2.24) is 0 Å². The van der Waals surface area contributed by atoms with Gasteiger partial charge in [-0.15, -0.1) is 0 Å². The molecule has 0 aliphatic heterocycles. The number of benzene rings is 1. The van der Waals surface area contributed by atoms with E-state index in [4.69, 9.17) is 33.0 Å². The Kier molecular flexibility index (Phi) is 5.91. The zero-order chi connectivity index (χ0) is 14.6. The highest BCUT2D eigenvalue weighted by Crippen LogP contribution is 2.36. The summed E-state index contributed by atoms with van der Waals surface area (Å²) in [5, 5.41) is 19.5. The van der Waals surface area contributed by atoms with Gasteiger partial charge in [0.15, 0.2) is 0 Å². The molecular weight excluding hydrogens is 291 g/mol. The van der Waals surface area contributed by atoms with E-state index in [0.717, 1.165) is 0 Å². The fraction of sp³-hybridized carbons (Fsp3) is 0.462. The van der Waals surface area contributed by atoms with E-state index in [1.807, 2.05) is 0 Å². The van der Waals surface area contributed by atoms with Gasteiger partial charge in [-0.3, -0.25) is 4.79 Å². The fourth-order valence-electron chi connectivity index (χ4n) is 1.85. The third kappa shape index (κ3) is 4.56. The largest absolute Gasteiger partial charge is 0.495 e. The van der Waals surface area contributed by atoms with Crippen molar-refractivity contribution in [1.29, 1.82) is 0 Å². The molecule has 0 bridgehead atoms. The molecule has 1 aromatic rings. The normalized spacial score (nSPS) is 13.9. The van der Waals surface area contributed by atoms with Crippen LogP contribution in [-0.4, -0.2) is 23.3 Å². The Hall–Kier alpha value is -0.970. The molecule has 0 aromatic heterocycles. The number of carboxylic acids is 1. The molecule has 0 heterocycles. The number of ether oxygens (including phenoxy) is 1. The van der Waals surface area contributed by atoms with Crippen molar-refractivity contribution < 1.29 is 19.7 Å². The summed E-state index contributed by atoms with van der Waals surface area (Å²) < 4.78 is 5.02. The van der Waals surface area contributed by atoms with E-state index in [-0.39, 0.29) is 12.3 Å². The highest BCUT2D eigenvalue weighted by atomic mass is 35.5. The van der Waals surface area contributed by atoms with Gasteiger partial charge in [0.1, 0.15) is 5.75 Å². The van der Waals surface area contributed by atoms with Gasteiger partial charge in [0.25, 0.3) is 0 Å². The van der Waals surface area contributed by atoms with Gasteiger partial charge in [0.05, 0.1) is 23.3 Å². The van der Waals surface area contributed by atoms with Gasteiger partial charge in [-0.05, 0) is 18.4 Å². The Morgan fingerprint density at radius 2 is 2.00 bits per heavy atom. The van der Waals surface area contributed by atoms with E-state index >= 15 is 0 Å². The number of methoxy groups -OCH3 is 1. The zero-order valence-electron chi connectivity index (χ0n) is 10.7. The highest BCUT2D eigenvalue weighted by molar-refractivity contribution is 6.34. The van der Waals surface area contributed by atoms with Gasteiger partial charge >= 0.3 is 5.97 Å². The van der Waals surface area contributed by atoms with E-state index in [0.29, 0.717) is 27.8 Å². The summed E-state index contributed by atoms with van der Waals surface area (Å²) in [5.41, 5.74) is 0.477. The first kappa shape index (κ1) is 16.1. The molecule has 0 amide bonds. The van der Waals surface area contributed by atoms with Crippen LogP contribution in [0.25, 0.3) is 0 Å². The van der Waals surface area contributed by atoms with Crippen LogP contribution in [0.4, 0.5) is 0 Å². The molecule has 2 atom stereocenters. The number of carboxylic acid groups (broad SMARTS) is 1. The molecule has 0 aliphatic rings. The SMILES string of the molecule is COc1cc(Cl)c(C(O)CC(C)CC(=O)O)cc1Cl. The van der Waals surface area contributed by atoms with Crippen LogP contribution >= 0.6 is 23.2 Å². The van der Waals surface area contributed by atoms with E-state index in [2.05, 4.69) is 0 Å². The second-order valence-electron chi connectivity index (χ2n) is 4.46. The Morgan fingerprint density at radius 3 is 2.53 bits per heavy atom. The van der Waals surface area contributed by atoms with Crippen molar-refractivity contribution in [3.8, 4) is 5.75 Å². The molecule has 0 radical (unpaired) electrons. The molecule has 106 valence electrons. The number of hydrogen-bond acceptors (Lipinski definition) is 3. The monoisotopic (exact) mass is 306 g/mol. The molecule has 0 spiro atoms. The van der Waals surface area contributed by atoms with E-state index in [1.165, 1.54) is 13.2 Å². The maximum Gasteiger partial charge on any atom is 0.303 e. The summed E-state index contributed by atoms with van der Waals surface area (Å²) >= 11 is 12.0. The fourth-order valence-corrected chi connectivity index (χ4v) is 2.37. The van der Waals surface area contributed by atoms with Crippen LogP contribution < -0.4 is 4.74 Å². The van der Waals surface area contributed by atoms with Crippen molar-refractivity contribution in [3.63, 3.8) is 0 Å². The predicted molar refractivity (Wildman–Crippen MR) is 74.0 cm³/mol. The van der Waals surface area contributed by atoms with Crippen LogP contribution in [0.2, 0.25) is 10.0 Å². The predicted octanol–water partition coefficient (Wildman–Crippen LogP) is 3.54. The number of halogens is 2. The number of aliphatic hydroxyl groups is 1. The smallest absolute Gasteiger partial charge is 0.303 e. The highest BCUT2D eigenvalue weighted by Gasteiger charge is 2.19. The van der Waals surface area contributed by atoms with Gasteiger partial charge in [-0.2, -0.15) is 0 Å². The summed E-state index contributed by atoms with van der Waals surface area (Å²) in [4.78, 5) is 10.6. The molecule has 0 fully saturated rings. The van der Waals surface area contributed by atoms with E-state index < -0.39 is 12.1 Å². The number of hydrogen-bond donors (Lipinski definition) is 2. The van der Waals surface area contributed by atoms with Crippen LogP contribution in [0.5, 0.6) is 5.75 Å². The zero-order valence-corrected chi connectivity index (χ0v) is 12.2. The van der Waals surface area contributed by atoms with Gasteiger partial charge in [-0.1, -0.05) is 30.1 Å². The lowest BCUT2D eigenvalue weighted by atomic mass is 9.96. The third-order valence-electron chi connectivity index (χ3n) is 2.78. The lowest BCUT2D eigenvalue weighted by Crippen LogP contribution is -2.09. The first-order chi connectivity index (χ1) is 8.85. The maximum absolute atomic E-state index is 10.6. The summed E-state index contributed by atoms with van der Waals surface area (Å²) in [6, 6.07) is 3.07. The Balaban J connectivity index is 2.85. The molecule has 4 nitrogen and oxygen atoms in total. The molecular formula is C13H16Cl2O4. The number of carbonyl (C=O) groups is 1. The molecule has 0 saturated carbocycles. The minimum absolute atomic E-state index is 0.00142. The van der Waals surface area contributed by atoms with Crippen molar-refractivity contribution in [2.24, 2.45) is 5.92 Å². The molecule has 6 heteroatoms. The average molecular weight is 307 g/mol. The van der Waals surface area contributed by atoms with Crippen LogP contribution in [0, 0.1) is 5.92 Å². The Bertz CT molecular complexity index is 462. The molecule has 19 heavy (non-hydrogen) atoms. The average Bonchev–Trinajstić information content (AvgIpc) is 2.30. The summed E-state index contributed by atoms with van der Waals surface area (Å²) in [5.74, 6) is -0.621. The van der Waals surface area contributed by atoms with Crippen LogP contribution in [0.15, 0.2) is 12.1 Å². The summed E-state index contributed by atoms with van der Waals surface area (Å²) in [7, 11) is 1.47. The number of rotatable bonds is 6. The molecule has 2 unspecified atom stereocenters. The van der Waals surface area contributed by atoms with Gasteiger partial charge in [0, 0.05) is 18.1 Å². The summed E-state index contributed by atoms with van der Waals surface area (Å²) in [6.07, 6.45) is -0.557. The summed E-state index contributed by atoms with van der Waals surface area (Å²) in [6.45, 7) is 1.76. The lowest BCUT2D eigenvalue weighted by molar-refractivity contribution is -0.138. The molecule has 1 aromatic carbocycles. The number of aliphatic carboxylic acids is 1. The van der Waals surface area contributed by atoms with Crippen LogP contribution in [0.1, 0.15) is 31.4 Å². The minimum atomic E-state index is -0.890. The second kappa shape index (κ2) is 6.98. The van der Waals surface area contributed by atoms with Crippen molar-refractivity contribution in [3.05, 3.63) is 27.7 Å². The minimum Gasteiger partial charge on any atom is -0.495 e. The van der Waals surface area contributed by atoms with Gasteiger partial charge < -0.3 is 14.9 Å². The maximum atomic E-state index is 10.6. The number of aliphatic hydroxyl groups excluding tert-OH is 1. The van der Waals surface area contributed by atoms with Gasteiger partial charge in [-0.25, -0.2) is 0 Å². The van der Waals surface area contributed by atoms with E-state index in [9.17, 15) is 9.90 Å². The Morgan fingerprint density at radius 1 is 1.37 bits per heavy atom. The molecule has 0 aliphatic carbocycles.